The van der Waals surface area contributed by atoms with Crippen LogP contribution in [-0.2, 0) is 66.4 Å². The fourth-order valence-corrected chi connectivity index (χ4v) is 16.3. The minimum Gasteiger partial charge on any atom is -0.494 e. The molecule has 4 amide bonds. The van der Waals surface area contributed by atoms with E-state index < -0.39 is 5.97 Å². The summed E-state index contributed by atoms with van der Waals surface area (Å²) in [7, 11) is 4.43. The number of methoxy groups -OCH3 is 3. The molecular formula is C94H89LiN10O17. The number of aryl methyl sites for hydroxylation is 2. The smallest absolute Gasteiger partial charge is 0.494 e. The Morgan fingerprint density at radius 2 is 0.697 bits per heavy atom. The maximum Gasteiger partial charge on any atom is 1.00 e. The fourth-order valence-electron chi connectivity index (χ4n) is 16.3. The number of aliphatic carboxylic acids is 1. The fraction of sp³-hybridized carbons (Fsp3) is 0.255. The van der Waals surface area contributed by atoms with Gasteiger partial charge in [-0.15, -0.1) is 0 Å². The molecule has 0 bridgehead atoms. The molecule has 0 unspecified atom stereocenters. The third kappa shape index (κ3) is 17.8. The van der Waals surface area contributed by atoms with E-state index in [1.807, 2.05) is 206 Å². The van der Waals surface area contributed by atoms with E-state index in [-0.39, 0.29) is 126 Å². The summed E-state index contributed by atoms with van der Waals surface area (Å²) in [5, 5.41) is 16.1. The van der Waals surface area contributed by atoms with Crippen molar-refractivity contribution in [2.75, 3.05) is 54.1 Å². The van der Waals surface area contributed by atoms with Gasteiger partial charge in [-0.25, -0.2) is 0 Å². The molecule has 4 atom stereocenters. The van der Waals surface area contributed by atoms with E-state index in [9.17, 15) is 28.8 Å². The molecule has 0 spiro atoms. The Balaban J connectivity index is 0.000000190. The number of aliphatic imine (C=N–C) groups is 4. The summed E-state index contributed by atoms with van der Waals surface area (Å²) in [6.45, 7) is 4.93. The van der Waals surface area contributed by atoms with Crippen molar-refractivity contribution >= 4 is 106 Å². The van der Waals surface area contributed by atoms with Crippen LogP contribution in [0.5, 0.6) is 46.0 Å². The molecular weight excluding hydrogens is 1550 g/mol. The largest absolute Gasteiger partial charge is 1.00 e. The van der Waals surface area contributed by atoms with Gasteiger partial charge in [-0.2, -0.15) is 0 Å². The number of amides is 4. The summed E-state index contributed by atoms with van der Waals surface area (Å²) in [6, 6.07) is 56.6. The predicted octanol–water partition coefficient (Wildman–Crippen LogP) is 13.3. The van der Waals surface area contributed by atoms with E-state index in [2.05, 4.69) is 11.9 Å². The van der Waals surface area contributed by atoms with Crippen LogP contribution in [0.3, 0.4) is 0 Å². The van der Waals surface area contributed by atoms with E-state index in [1.54, 1.807) is 41.2 Å². The number of rotatable bonds is 24. The van der Waals surface area contributed by atoms with Gasteiger partial charge in [-0.3, -0.25) is 68.3 Å². The second-order valence-corrected chi connectivity index (χ2v) is 29.8. The van der Waals surface area contributed by atoms with Crippen molar-refractivity contribution in [1.82, 2.24) is 0 Å². The van der Waals surface area contributed by atoms with Crippen LogP contribution in [0.4, 0.5) is 45.5 Å². The topological polar surface area (TPSA) is 328 Å². The molecule has 0 aliphatic carbocycles. The third-order valence-electron chi connectivity index (χ3n) is 22.0. The molecule has 0 fully saturated rings. The Bertz CT molecular complexity index is 5850. The third-order valence-corrected chi connectivity index (χ3v) is 22.0. The Hall–Kier alpha value is -13.4. The second kappa shape index (κ2) is 37.5. The van der Waals surface area contributed by atoms with Crippen LogP contribution >= 0.6 is 0 Å². The number of hydrogen-bond acceptors (Lipinski definition) is 21. The van der Waals surface area contributed by atoms with E-state index in [1.165, 1.54) is 14.2 Å². The molecule has 8 aliphatic rings. The summed E-state index contributed by atoms with van der Waals surface area (Å²) in [5.74, 6) is 6.30. The number of carbonyl (C=O) groups excluding carboxylic acids is 5. The number of hydrogen-bond donors (Lipinski definition) is 3. The monoisotopic (exact) mass is 1640 g/mol. The molecule has 122 heavy (non-hydrogen) atoms. The van der Waals surface area contributed by atoms with E-state index in [4.69, 9.17) is 72.9 Å². The maximum atomic E-state index is 13.9. The molecule has 10 aromatic carbocycles. The van der Waals surface area contributed by atoms with E-state index in [0.29, 0.717) is 130 Å². The van der Waals surface area contributed by atoms with Gasteiger partial charge >= 0.3 is 30.8 Å². The van der Waals surface area contributed by atoms with Crippen molar-refractivity contribution in [3.8, 4) is 46.0 Å². The van der Waals surface area contributed by atoms with Crippen molar-refractivity contribution in [2.24, 2.45) is 25.8 Å². The average Bonchev–Trinajstić information content (AvgIpc) is 1.62. The standard InChI is InChI=1S/C47H42N4O8.C46H40N4O8.CH4.Li.H3N2O/c1-28-15-36-38(48-24-33-19-31-9-4-6-11-40(31)50(33)46(36)53)22-42(28)58-26-29-16-30(18-35(17-29)57-14-8-13-45(52)56-3)27-59-44-23-39-37(21-43(44)55-2)47(54)51-34(25-49-39)20-32-10-5-7-12-41(32)51;1-27-14-35-37(47-23-32-18-30-8-3-5-10-39(30)49(32)45(35)53)21-41(27)57-25-28-15-29(17-34(16-28)56-13-7-12-44(51)52)26-58-43-22-38-36(20-42(43)55-2)46(54)50-33(24-48-38)19-31-9-4-6-11-40(31)50;;;1-2-3/h4-7,9-12,15-18,21-25,33-34H,8,13-14,19-20,26-27H2,1-3H3;3-6,8-11,14-17,20-24,32-33H,7,12-13,18-19,25-26H2,1-2H3,(H,51,52);1H4;;3H,1H2/q;;;+1;-1/t33-,34-;32-,33-;;;/m00.../s1. The minimum absolute atomic E-state index is 0. The van der Waals surface area contributed by atoms with Gasteiger partial charge in [0.1, 0.15) is 49.4 Å². The van der Waals surface area contributed by atoms with Gasteiger partial charge in [-0.05, 0) is 167 Å². The zero-order chi connectivity index (χ0) is 83.2. The number of fused-ring (bicyclic) bond motifs is 16. The van der Waals surface area contributed by atoms with Crippen molar-refractivity contribution in [1.29, 1.82) is 0 Å². The first kappa shape index (κ1) is 85.0. The first-order valence-electron chi connectivity index (χ1n) is 39.3. The number of carbonyl (C=O) groups is 6. The molecule has 8 aliphatic heterocycles. The van der Waals surface area contributed by atoms with Crippen LogP contribution in [-0.4, -0.2) is 129 Å². The van der Waals surface area contributed by atoms with Crippen LogP contribution in [0.25, 0.3) is 5.59 Å². The molecule has 28 heteroatoms. The van der Waals surface area contributed by atoms with Gasteiger partial charge in [-0.1, -0.05) is 80.2 Å². The van der Waals surface area contributed by atoms with Crippen LogP contribution < -0.4 is 82.2 Å². The molecule has 8 heterocycles. The molecule has 0 saturated heterocycles. The summed E-state index contributed by atoms with van der Waals surface area (Å²) in [5.41, 5.74) is 18.8. The quantitative estimate of drug-likeness (QED) is 0.0166. The molecule has 0 saturated carbocycles. The number of para-hydroxylation sites is 4. The Morgan fingerprint density at radius 1 is 0.410 bits per heavy atom. The van der Waals surface area contributed by atoms with Gasteiger partial charge in [0.25, 0.3) is 23.6 Å². The van der Waals surface area contributed by atoms with E-state index >= 15 is 0 Å². The maximum absolute atomic E-state index is 13.9. The van der Waals surface area contributed by atoms with Crippen LogP contribution in [0.1, 0.15) is 130 Å². The van der Waals surface area contributed by atoms with Gasteiger partial charge in [0, 0.05) is 110 Å². The normalized spacial score (nSPS) is 16.4. The van der Waals surface area contributed by atoms with Crippen LogP contribution in [0.2, 0.25) is 0 Å². The van der Waals surface area contributed by atoms with Gasteiger partial charge in [0.15, 0.2) is 23.0 Å². The molecule has 18 rings (SSSR count). The van der Waals surface area contributed by atoms with E-state index in [0.717, 1.165) is 84.8 Å². The first-order valence-corrected chi connectivity index (χ1v) is 39.3. The second-order valence-electron chi connectivity index (χ2n) is 29.8. The van der Waals surface area contributed by atoms with Crippen molar-refractivity contribution in [2.45, 2.75) is 123 Å². The van der Waals surface area contributed by atoms with Crippen molar-refractivity contribution < 1.29 is 101 Å². The Morgan fingerprint density at radius 3 is 1.00 bits per heavy atom. The summed E-state index contributed by atoms with van der Waals surface area (Å²) < 4.78 is 53.9. The molecule has 4 N–H and O–H groups in total. The van der Waals surface area contributed by atoms with Crippen molar-refractivity contribution in [3.05, 3.63) is 265 Å². The number of anilines is 4. The SMILES string of the molecule is C.COC(=O)CCCOc1cc(COc2cc3c(cc2C)C(=O)N2c4ccccc4C[C@H]2C=N3)cc(COc2cc3c(cc2OC)C(=O)N2c4ccccc4C[C@H]2C=N3)c1.COc1cc2c(cc1OCc1cc(COc3cc4c(cc3C)C(=O)N3c5ccccc5C[C@H]3C=N4)cc(OCCCC(=O)O)c1)N=C[C@@H]1Cc3ccccc3N1C2=O.N[N-]O.[Li+]. The molecule has 0 aromatic heterocycles. The zero-order valence-electron chi connectivity index (χ0n) is 67.5. The first-order chi connectivity index (χ1) is 58.4. The summed E-state index contributed by atoms with van der Waals surface area (Å²) in [4.78, 5) is 105. The van der Waals surface area contributed by atoms with Crippen molar-refractivity contribution in [3.63, 3.8) is 0 Å². The number of carboxylic acid groups (broad SMARTS) is 1. The number of ether oxygens (including phenoxy) is 9. The average molecular weight is 1640 g/mol. The van der Waals surface area contributed by atoms with Gasteiger partial charge in [0.05, 0.1) is 104 Å². The molecule has 618 valence electrons. The number of esters is 1. The summed E-state index contributed by atoms with van der Waals surface area (Å²) >= 11 is 0. The van der Waals surface area contributed by atoms with Crippen LogP contribution in [0, 0.1) is 13.8 Å². The van der Waals surface area contributed by atoms with Gasteiger partial charge < -0.3 is 64.4 Å². The molecule has 0 radical (unpaired) electrons. The summed E-state index contributed by atoms with van der Waals surface area (Å²) in [6.07, 6.45) is 11.2. The minimum atomic E-state index is -0.891. The molecule has 10 aromatic rings. The van der Waals surface area contributed by atoms with Crippen LogP contribution in [0.15, 0.2) is 202 Å². The number of carboxylic acids is 1. The Labute approximate surface area is 717 Å². The Kier molecular flexibility index (Phi) is 26.1. The number of nitrogens with zero attached hydrogens (tertiary/aromatic N) is 9. The molecule has 27 nitrogen and oxygen atoms in total. The number of benzene rings is 10. The zero-order valence-corrected chi connectivity index (χ0v) is 67.5. The van der Waals surface area contributed by atoms with Gasteiger partial charge in [0.2, 0.25) is 0 Å². The predicted molar refractivity (Wildman–Crippen MR) is 459 cm³/mol. The number of nitrogens with two attached hydrogens (primary N) is 1.